The van der Waals surface area contributed by atoms with Gasteiger partial charge in [0.05, 0.1) is 5.56 Å². The summed E-state index contributed by atoms with van der Waals surface area (Å²) in [6, 6.07) is 0. The molecule has 1 aromatic rings. The first-order chi connectivity index (χ1) is 9.17. The van der Waals surface area contributed by atoms with Crippen molar-refractivity contribution < 1.29 is 9.84 Å². The number of methoxy groups -OCH3 is 1. The number of nitrogens with zero attached hydrogens (tertiary/aromatic N) is 1. The van der Waals surface area contributed by atoms with E-state index in [1.165, 1.54) is 19.3 Å². The molecule has 5 heteroatoms. The van der Waals surface area contributed by atoms with Gasteiger partial charge in [-0.2, -0.15) is 4.98 Å². The van der Waals surface area contributed by atoms with E-state index >= 15 is 0 Å². The Bertz CT molecular complexity index is 478. The molecule has 0 amide bonds. The minimum atomic E-state index is -0.261. The number of H-pyrrole nitrogens is 1. The number of nitrogens with one attached hydrogen (secondary N) is 1. The number of aromatic hydroxyl groups is 1. The van der Waals surface area contributed by atoms with Gasteiger partial charge in [0.1, 0.15) is 11.9 Å². The van der Waals surface area contributed by atoms with Crippen LogP contribution in [0.4, 0.5) is 0 Å². The predicted molar refractivity (Wildman–Crippen MR) is 72.2 cm³/mol. The second-order valence-electron chi connectivity index (χ2n) is 5.16. The van der Waals surface area contributed by atoms with Crippen molar-refractivity contribution in [3.63, 3.8) is 0 Å². The summed E-state index contributed by atoms with van der Waals surface area (Å²) in [4.78, 5) is 18.8. The van der Waals surface area contributed by atoms with Gasteiger partial charge in [-0.15, -0.1) is 0 Å². The maximum Gasteiger partial charge on any atom is 0.257 e. The quantitative estimate of drug-likeness (QED) is 0.877. The molecule has 0 aliphatic heterocycles. The summed E-state index contributed by atoms with van der Waals surface area (Å²) < 4.78 is 5.52. The van der Waals surface area contributed by atoms with E-state index in [2.05, 4.69) is 9.97 Å². The second kappa shape index (κ2) is 6.19. The van der Waals surface area contributed by atoms with Crippen LogP contribution in [0.15, 0.2) is 4.79 Å². The SMILES string of the molecule is CCc1c(O)nc(C(OC)C2CCCCC2)[nH]c1=O. The smallest absolute Gasteiger partial charge is 0.257 e. The largest absolute Gasteiger partial charge is 0.493 e. The maximum absolute atomic E-state index is 11.9. The van der Waals surface area contributed by atoms with Crippen LogP contribution < -0.4 is 5.56 Å². The number of aromatic nitrogens is 2. The lowest BCUT2D eigenvalue weighted by Gasteiger charge is -2.28. The summed E-state index contributed by atoms with van der Waals surface area (Å²) in [6.07, 6.45) is 6.04. The van der Waals surface area contributed by atoms with Crippen molar-refractivity contribution in [1.29, 1.82) is 0 Å². The molecule has 1 heterocycles. The summed E-state index contributed by atoms with van der Waals surface area (Å²) in [7, 11) is 1.63. The van der Waals surface area contributed by atoms with Gasteiger partial charge in [-0.1, -0.05) is 26.2 Å². The Morgan fingerprint density at radius 2 is 2.11 bits per heavy atom. The standard InChI is InChI=1S/C14H22N2O3/c1-3-10-13(17)15-12(16-14(10)18)11(19-2)9-7-5-4-6-8-9/h9,11H,3-8H2,1-2H3,(H2,15,16,17,18). The Balaban J connectivity index is 2.30. The van der Waals surface area contributed by atoms with Gasteiger partial charge in [0.15, 0.2) is 0 Å². The van der Waals surface area contributed by atoms with Gasteiger partial charge in [-0.25, -0.2) is 0 Å². The van der Waals surface area contributed by atoms with Crippen molar-refractivity contribution in [2.45, 2.75) is 51.6 Å². The van der Waals surface area contributed by atoms with Crippen LogP contribution in [0.2, 0.25) is 0 Å². The van der Waals surface area contributed by atoms with E-state index < -0.39 is 0 Å². The molecule has 0 spiro atoms. The van der Waals surface area contributed by atoms with E-state index in [-0.39, 0.29) is 17.5 Å². The highest BCUT2D eigenvalue weighted by atomic mass is 16.5. The van der Waals surface area contributed by atoms with E-state index in [1.54, 1.807) is 7.11 Å². The molecule has 0 bridgehead atoms. The van der Waals surface area contributed by atoms with Crippen molar-refractivity contribution in [2.24, 2.45) is 5.92 Å². The molecular weight excluding hydrogens is 244 g/mol. The Hall–Kier alpha value is -1.36. The lowest BCUT2D eigenvalue weighted by atomic mass is 9.85. The molecule has 1 aliphatic carbocycles. The highest BCUT2D eigenvalue weighted by molar-refractivity contribution is 5.22. The summed E-state index contributed by atoms with van der Waals surface area (Å²) in [5, 5.41) is 9.83. The maximum atomic E-state index is 11.9. The Kier molecular flexibility index (Phi) is 4.58. The molecule has 5 nitrogen and oxygen atoms in total. The van der Waals surface area contributed by atoms with Gasteiger partial charge in [0.25, 0.3) is 5.56 Å². The minimum Gasteiger partial charge on any atom is -0.493 e. The normalized spacial score (nSPS) is 18.4. The molecule has 2 rings (SSSR count). The topological polar surface area (TPSA) is 75.2 Å². The van der Waals surface area contributed by atoms with Crippen LogP contribution in [0.3, 0.4) is 0 Å². The molecule has 1 aromatic heterocycles. The van der Waals surface area contributed by atoms with Crippen molar-refractivity contribution in [3.8, 4) is 5.88 Å². The van der Waals surface area contributed by atoms with Crippen molar-refractivity contribution >= 4 is 0 Å². The van der Waals surface area contributed by atoms with Crippen LogP contribution in [0, 0.1) is 5.92 Å². The molecule has 19 heavy (non-hydrogen) atoms. The first-order valence-electron chi connectivity index (χ1n) is 7.02. The zero-order chi connectivity index (χ0) is 13.8. The van der Waals surface area contributed by atoms with Gasteiger partial charge in [-0.3, -0.25) is 4.79 Å². The number of rotatable bonds is 4. The number of hydrogen-bond donors (Lipinski definition) is 2. The first-order valence-corrected chi connectivity index (χ1v) is 7.02. The molecule has 1 fully saturated rings. The van der Waals surface area contributed by atoms with E-state index in [0.717, 1.165) is 12.8 Å². The van der Waals surface area contributed by atoms with Gasteiger partial charge in [0.2, 0.25) is 5.88 Å². The fraction of sp³-hybridized carbons (Fsp3) is 0.714. The van der Waals surface area contributed by atoms with Crippen LogP contribution in [0.1, 0.15) is 56.5 Å². The van der Waals surface area contributed by atoms with Gasteiger partial charge in [0, 0.05) is 7.11 Å². The average Bonchev–Trinajstić information content (AvgIpc) is 2.40. The molecule has 2 N–H and O–H groups in total. The van der Waals surface area contributed by atoms with Crippen molar-refractivity contribution in [2.75, 3.05) is 7.11 Å². The zero-order valence-corrected chi connectivity index (χ0v) is 11.6. The fourth-order valence-corrected chi connectivity index (χ4v) is 2.92. The van der Waals surface area contributed by atoms with E-state index in [9.17, 15) is 9.90 Å². The Labute approximate surface area is 113 Å². The van der Waals surface area contributed by atoms with Crippen LogP contribution in [-0.4, -0.2) is 22.2 Å². The predicted octanol–water partition coefficient (Wildman–Crippen LogP) is 2.31. The summed E-state index contributed by atoms with van der Waals surface area (Å²) in [6.45, 7) is 1.82. The third-order valence-corrected chi connectivity index (χ3v) is 3.97. The Morgan fingerprint density at radius 1 is 1.42 bits per heavy atom. The van der Waals surface area contributed by atoms with Crippen LogP contribution >= 0.6 is 0 Å². The molecule has 0 saturated heterocycles. The second-order valence-corrected chi connectivity index (χ2v) is 5.16. The fourth-order valence-electron chi connectivity index (χ4n) is 2.92. The van der Waals surface area contributed by atoms with Crippen LogP contribution in [-0.2, 0) is 11.2 Å². The van der Waals surface area contributed by atoms with E-state index in [1.807, 2.05) is 6.92 Å². The lowest BCUT2D eigenvalue weighted by molar-refractivity contribution is 0.0282. The monoisotopic (exact) mass is 266 g/mol. The summed E-state index contributed by atoms with van der Waals surface area (Å²) >= 11 is 0. The van der Waals surface area contributed by atoms with Crippen molar-refractivity contribution in [1.82, 2.24) is 9.97 Å². The number of aromatic amines is 1. The highest BCUT2D eigenvalue weighted by Crippen LogP contribution is 2.35. The van der Waals surface area contributed by atoms with E-state index in [4.69, 9.17) is 4.74 Å². The number of hydrogen-bond acceptors (Lipinski definition) is 4. The number of ether oxygens (including phenoxy) is 1. The molecule has 1 atom stereocenters. The third-order valence-electron chi connectivity index (χ3n) is 3.97. The molecule has 1 unspecified atom stereocenters. The van der Waals surface area contributed by atoms with Crippen molar-refractivity contribution in [3.05, 3.63) is 21.7 Å². The molecular formula is C14H22N2O3. The highest BCUT2D eigenvalue weighted by Gasteiger charge is 2.27. The third kappa shape index (κ3) is 2.97. The molecule has 0 radical (unpaired) electrons. The molecule has 1 aliphatic rings. The molecule has 106 valence electrons. The van der Waals surface area contributed by atoms with Gasteiger partial charge < -0.3 is 14.8 Å². The van der Waals surface area contributed by atoms with Crippen LogP contribution in [0.5, 0.6) is 5.88 Å². The minimum absolute atomic E-state index is 0.167. The van der Waals surface area contributed by atoms with E-state index in [0.29, 0.717) is 23.7 Å². The van der Waals surface area contributed by atoms with Gasteiger partial charge >= 0.3 is 0 Å². The molecule has 1 saturated carbocycles. The molecule has 0 aromatic carbocycles. The zero-order valence-electron chi connectivity index (χ0n) is 11.6. The van der Waals surface area contributed by atoms with Crippen LogP contribution in [0.25, 0.3) is 0 Å². The lowest BCUT2D eigenvalue weighted by Crippen LogP contribution is -2.24. The first kappa shape index (κ1) is 14.1. The Morgan fingerprint density at radius 3 is 2.63 bits per heavy atom. The van der Waals surface area contributed by atoms with Gasteiger partial charge in [-0.05, 0) is 25.2 Å². The summed E-state index contributed by atoms with van der Waals surface area (Å²) in [5.41, 5.74) is 0.0742. The average molecular weight is 266 g/mol. The summed E-state index contributed by atoms with van der Waals surface area (Å²) in [5.74, 6) is 0.655.